The van der Waals surface area contributed by atoms with Crippen LogP contribution in [0.1, 0.15) is 15.9 Å². The molecule has 1 N–H and O–H groups in total. The topological polar surface area (TPSA) is 89.5 Å². The third-order valence-corrected chi connectivity index (χ3v) is 3.80. The molecule has 0 heterocycles. The van der Waals surface area contributed by atoms with E-state index in [-0.39, 0.29) is 18.0 Å². The van der Waals surface area contributed by atoms with Crippen LogP contribution in [0.3, 0.4) is 0 Å². The Balaban J connectivity index is 1.77. The Labute approximate surface area is 146 Å². The quantitative estimate of drug-likeness (QED) is 0.362. The lowest BCUT2D eigenvalue weighted by Gasteiger charge is -2.01. The third kappa shape index (κ3) is 6.12. The molecular weight excluding hydrogens is 342 g/mol. The summed E-state index contributed by atoms with van der Waals surface area (Å²) in [6.07, 6.45) is 0. The molecule has 0 aliphatic heterocycles. The van der Waals surface area contributed by atoms with Crippen molar-refractivity contribution in [3.63, 3.8) is 0 Å². The van der Waals surface area contributed by atoms with Crippen LogP contribution < -0.4 is 5.32 Å². The fraction of sp³-hybridized carbons (Fsp3) is 0.111. The number of benzene rings is 2. The van der Waals surface area contributed by atoms with Crippen LogP contribution in [0.4, 0.5) is 0 Å². The van der Waals surface area contributed by atoms with Crippen LogP contribution in [0.2, 0.25) is 0 Å². The van der Waals surface area contributed by atoms with Gasteiger partial charge in [-0.1, -0.05) is 36.3 Å². The summed E-state index contributed by atoms with van der Waals surface area (Å²) in [6.45, 7) is 0.103. The first-order chi connectivity index (χ1) is 12.1. The Morgan fingerprint density at radius 2 is 1.68 bits per heavy atom. The van der Waals surface area contributed by atoms with Gasteiger partial charge in [0.15, 0.2) is 10.7 Å². The SMILES string of the molecule is O=C(C#CCNC(=O)c1ccc([SH](=O)=O)cc1)OCc1ccccc1. The van der Waals surface area contributed by atoms with E-state index in [1.165, 1.54) is 24.3 Å². The van der Waals surface area contributed by atoms with Gasteiger partial charge >= 0.3 is 5.97 Å². The number of carbonyl (C=O) groups excluding carboxylic acids is 2. The molecule has 0 atom stereocenters. The smallest absolute Gasteiger partial charge is 0.384 e. The highest BCUT2D eigenvalue weighted by molar-refractivity contribution is 7.72. The van der Waals surface area contributed by atoms with E-state index in [9.17, 15) is 18.0 Å². The molecule has 7 heteroatoms. The van der Waals surface area contributed by atoms with Crippen molar-refractivity contribution < 1.29 is 22.7 Å². The monoisotopic (exact) mass is 357 g/mol. The fourth-order valence-electron chi connectivity index (χ4n) is 1.84. The molecule has 2 rings (SSSR count). The van der Waals surface area contributed by atoms with Crippen LogP contribution in [-0.2, 0) is 26.8 Å². The minimum absolute atomic E-state index is 0.0309. The number of ether oxygens (including phenoxy) is 1. The number of amides is 1. The lowest BCUT2D eigenvalue weighted by Crippen LogP contribution is -2.23. The maximum atomic E-state index is 11.8. The number of thiol groups is 1. The van der Waals surface area contributed by atoms with Gasteiger partial charge in [0.2, 0.25) is 0 Å². The molecule has 0 saturated carbocycles. The van der Waals surface area contributed by atoms with Gasteiger partial charge in [-0.3, -0.25) is 4.79 Å². The number of nitrogens with one attached hydrogen (secondary N) is 1. The zero-order valence-electron chi connectivity index (χ0n) is 13.1. The molecule has 1 amide bonds. The molecule has 25 heavy (non-hydrogen) atoms. The Morgan fingerprint density at radius 1 is 1.00 bits per heavy atom. The molecule has 0 aliphatic rings. The molecule has 2 aromatic carbocycles. The molecule has 0 radical (unpaired) electrons. The van der Waals surface area contributed by atoms with E-state index in [4.69, 9.17) is 4.74 Å². The summed E-state index contributed by atoms with van der Waals surface area (Å²) in [4.78, 5) is 23.4. The summed E-state index contributed by atoms with van der Waals surface area (Å²) in [5, 5.41) is 2.51. The Hall–Kier alpha value is -3.11. The summed E-state index contributed by atoms with van der Waals surface area (Å²) in [7, 11) is -2.67. The minimum Gasteiger partial charge on any atom is -0.451 e. The number of esters is 1. The van der Waals surface area contributed by atoms with E-state index >= 15 is 0 Å². The second-order valence-electron chi connectivity index (χ2n) is 4.85. The largest absolute Gasteiger partial charge is 0.451 e. The maximum Gasteiger partial charge on any atom is 0.384 e. The van der Waals surface area contributed by atoms with E-state index in [1.807, 2.05) is 30.3 Å². The highest BCUT2D eigenvalue weighted by Gasteiger charge is 2.04. The lowest BCUT2D eigenvalue weighted by atomic mass is 10.2. The van der Waals surface area contributed by atoms with Gasteiger partial charge in [-0.25, -0.2) is 13.2 Å². The van der Waals surface area contributed by atoms with E-state index < -0.39 is 22.6 Å². The Bertz CT molecular complexity index is 869. The molecule has 0 aromatic heterocycles. The number of rotatable bonds is 5. The van der Waals surface area contributed by atoms with Gasteiger partial charge in [0.1, 0.15) is 6.61 Å². The van der Waals surface area contributed by atoms with Crippen molar-refractivity contribution in [3.05, 3.63) is 65.7 Å². The number of hydrogen-bond donors (Lipinski definition) is 2. The van der Waals surface area contributed by atoms with E-state index in [0.717, 1.165) is 5.56 Å². The van der Waals surface area contributed by atoms with Crippen molar-refractivity contribution in [2.75, 3.05) is 6.54 Å². The average Bonchev–Trinajstić information content (AvgIpc) is 2.64. The fourth-order valence-corrected chi connectivity index (χ4v) is 2.23. The van der Waals surface area contributed by atoms with Gasteiger partial charge in [-0.2, -0.15) is 0 Å². The summed E-state index contributed by atoms with van der Waals surface area (Å²) >= 11 is 0. The summed E-state index contributed by atoms with van der Waals surface area (Å²) in [5.41, 5.74) is 1.16. The van der Waals surface area contributed by atoms with Crippen molar-refractivity contribution >= 4 is 22.6 Å². The Morgan fingerprint density at radius 3 is 2.32 bits per heavy atom. The van der Waals surface area contributed by atoms with Crippen LogP contribution in [0.15, 0.2) is 59.5 Å². The molecule has 128 valence electrons. The third-order valence-electron chi connectivity index (χ3n) is 3.08. The molecule has 0 spiro atoms. The van der Waals surface area contributed by atoms with Crippen LogP contribution in [-0.4, -0.2) is 26.8 Å². The zero-order chi connectivity index (χ0) is 18.1. The van der Waals surface area contributed by atoms with Crippen LogP contribution in [0, 0.1) is 11.8 Å². The molecular formula is C18H15NO5S. The van der Waals surface area contributed by atoms with Crippen molar-refractivity contribution in [3.8, 4) is 11.8 Å². The van der Waals surface area contributed by atoms with E-state index in [0.29, 0.717) is 5.56 Å². The highest BCUT2D eigenvalue weighted by Crippen LogP contribution is 2.05. The first kappa shape index (κ1) is 18.2. The molecule has 0 saturated heterocycles. The van der Waals surface area contributed by atoms with Crippen molar-refractivity contribution in [2.45, 2.75) is 11.5 Å². The van der Waals surface area contributed by atoms with Crippen LogP contribution in [0.25, 0.3) is 0 Å². The first-order valence-electron chi connectivity index (χ1n) is 7.28. The normalized spacial score (nSPS) is 9.80. The van der Waals surface area contributed by atoms with Crippen molar-refractivity contribution in [1.82, 2.24) is 5.32 Å². The molecule has 0 fully saturated rings. The van der Waals surface area contributed by atoms with Crippen molar-refractivity contribution in [2.24, 2.45) is 0 Å². The molecule has 0 aliphatic carbocycles. The molecule has 6 nitrogen and oxygen atoms in total. The average molecular weight is 357 g/mol. The zero-order valence-corrected chi connectivity index (χ0v) is 14.0. The second-order valence-corrected chi connectivity index (χ2v) is 5.88. The summed E-state index contributed by atoms with van der Waals surface area (Å²) in [5.74, 6) is 3.68. The van der Waals surface area contributed by atoms with E-state index in [1.54, 1.807) is 0 Å². The maximum absolute atomic E-state index is 11.8. The summed E-state index contributed by atoms with van der Waals surface area (Å²) in [6, 6.07) is 14.7. The molecule has 2 aromatic rings. The van der Waals surface area contributed by atoms with Gasteiger partial charge in [-0.15, -0.1) is 0 Å². The lowest BCUT2D eigenvalue weighted by molar-refractivity contribution is -0.137. The standard InChI is InChI=1S/C18H15NO5S/c20-17(24-13-14-5-2-1-3-6-14)7-4-12-19-18(21)15-8-10-16(11-9-15)25(22)23/h1-3,5-6,8-11,25H,12-13H2,(H,19,21). The minimum atomic E-state index is -2.67. The highest BCUT2D eigenvalue weighted by atomic mass is 32.2. The first-order valence-corrected chi connectivity index (χ1v) is 8.46. The predicted molar refractivity (Wildman–Crippen MR) is 91.4 cm³/mol. The van der Waals surface area contributed by atoms with Crippen LogP contribution in [0.5, 0.6) is 0 Å². The summed E-state index contributed by atoms with van der Waals surface area (Å²) < 4.78 is 26.5. The van der Waals surface area contributed by atoms with Gasteiger partial charge in [0.05, 0.1) is 11.4 Å². The second kappa shape index (κ2) is 9.25. The molecule has 0 bridgehead atoms. The number of carbonyl (C=O) groups is 2. The number of hydrogen-bond acceptors (Lipinski definition) is 5. The van der Waals surface area contributed by atoms with Gasteiger partial charge in [-0.05, 0) is 29.8 Å². The van der Waals surface area contributed by atoms with Crippen molar-refractivity contribution in [1.29, 1.82) is 0 Å². The van der Waals surface area contributed by atoms with Gasteiger partial charge in [0, 0.05) is 11.5 Å². The predicted octanol–water partition coefficient (Wildman–Crippen LogP) is 1.13. The molecule has 0 unspecified atom stereocenters. The van der Waals surface area contributed by atoms with E-state index in [2.05, 4.69) is 17.2 Å². The van der Waals surface area contributed by atoms with Gasteiger partial charge in [0.25, 0.3) is 5.91 Å². The van der Waals surface area contributed by atoms with Crippen LogP contribution >= 0.6 is 0 Å². The Kier molecular flexibility index (Phi) is 6.75. The van der Waals surface area contributed by atoms with Gasteiger partial charge < -0.3 is 10.1 Å².